The van der Waals surface area contributed by atoms with E-state index in [9.17, 15) is 10.1 Å². The van der Waals surface area contributed by atoms with Gasteiger partial charge < -0.3 is 0 Å². The van der Waals surface area contributed by atoms with Gasteiger partial charge in [0, 0.05) is 10.9 Å². The van der Waals surface area contributed by atoms with Crippen LogP contribution in [-0.2, 0) is 6.54 Å². The minimum Gasteiger partial charge on any atom is -0.258 e. The lowest BCUT2D eigenvalue weighted by Crippen LogP contribution is -2.05. The molecular weight excluding hydrogens is 304 g/mol. The summed E-state index contributed by atoms with van der Waals surface area (Å²) in [6.45, 7) is 3.65. The second-order valence-electron chi connectivity index (χ2n) is 5.07. The molecule has 0 aliphatic carbocycles. The van der Waals surface area contributed by atoms with Gasteiger partial charge in [-0.3, -0.25) is 14.8 Å². The van der Waals surface area contributed by atoms with Crippen LogP contribution in [0.15, 0.2) is 30.3 Å². The van der Waals surface area contributed by atoms with E-state index in [2.05, 4.69) is 10.1 Å². The van der Waals surface area contributed by atoms with Crippen LogP contribution in [0.5, 0.6) is 0 Å². The van der Waals surface area contributed by atoms with Gasteiger partial charge in [-0.15, -0.1) is 0 Å². The van der Waals surface area contributed by atoms with E-state index in [1.165, 1.54) is 0 Å². The molecule has 0 N–H and O–H groups in total. The molecule has 1 aromatic carbocycles. The van der Waals surface area contributed by atoms with Gasteiger partial charge >= 0.3 is 5.69 Å². The second-order valence-corrected chi connectivity index (χ2v) is 5.42. The van der Waals surface area contributed by atoms with Gasteiger partial charge in [0.05, 0.1) is 17.0 Å². The molecular formula is C15H13ClN4O2. The third-order valence-electron chi connectivity index (χ3n) is 3.60. The number of aryl methyl sites for hydroxylation is 1. The van der Waals surface area contributed by atoms with Gasteiger partial charge in [0.25, 0.3) is 0 Å². The first kappa shape index (κ1) is 14.5. The standard InChI is InChI=1S/C15H13ClN4O2/c1-9-14(20(21)22)10(2)19(18-9)8-12-7-11-5-3-4-6-13(11)17-15(12)16/h3-7H,8H2,1-2H3. The lowest BCUT2D eigenvalue weighted by molar-refractivity contribution is -0.386. The highest BCUT2D eigenvalue weighted by molar-refractivity contribution is 6.30. The van der Waals surface area contributed by atoms with Crippen molar-refractivity contribution in [2.45, 2.75) is 20.4 Å². The van der Waals surface area contributed by atoms with Crippen molar-refractivity contribution in [2.24, 2.45) is 0 Å². The molecule has 112 valence electrons. The minimum atomic E-state index is -0.408. The van der Waals surface area contributed by atoms with Crippen LogP contribution in [0.2, 0.25) is 5.15 Å². The highest BCUT2D eigenvalue weighted by Crippen LogP contribution is 2.25. The molecule has 0 amide bonds. The fraction of sp³-hybridized carbons (Fsp3) is 0.200. The van der Waals surface area contributed by atoms with Gasteiger partial charge in [0.15, 0.2) is 0 Å². The summed E-state index contributed by atoms with van der Waals surface area (Å²) in [6, 6.07) is 9.60. The fourth-order valence-electron chi connectivity index (χ4n) is 2.51. The summed E-state index contributed by atoms with van der Waals surface area (Å²) in [5, 5.41) is 16.7. The van der Waals surface area contributed by atoms with Crippen LogP contribution < -0.4 is 0 Å². The summed E-state index contributed by atoms with van der Waals surface area (Å²) in [6.07, 6.45) is 0. The summed E-state index contributed by atoms with van der Waals surface area (Å²) in [5.41, 5.74) is 2.54. The number of halogens is 1. The van der Waals surface area contributed by atoms with Crippen LogP contribution in [0, 0.1) is 24.0 Å². The van der Waals surface area contributed by atoms with E-state index in [4.69, 9.17) is 11.6 Å². The number of hydrogen-bond donors (Lipinski definition) is 0. The largest absolute Gasteiger partial charge is 0.312 e. The summed E-state index contributed by atoms with van der Waals surface area (Å²) >= 11 is 6.23. The van der Waals surface area contributed by atoms with E-state index in [0.717, 1.165) is 16.5 Å². The van der Waals surface area contributed by atoms with Crippen molar-refractivity contribution in [1.29, 1.82) is 0 Å². The fourth-order valence-corrected chi connectivity index (χ4v) is 2.72. The maximum Gasteiger partial charge on any atom is 0.312 e. The molecule has 0 atom stereocenters. The zero-order valence-corrected chi connectivity index (χ0v) is 12.8. The molecule has 3 rings (SSSR count). The van der Waals surface area contributed by atoms with Crippen molar-refractivity contribution in [2.75, 3.05) is 0 Å². The molecule has 22 heavy (non-hydrogen) atoms. The molecule has 0 saturated carbocycles. The molecule has 0 bridgehead atoms. The Balaban J connectivity index is 2.05. The molecule has 3 aromatic rings. The van der Waals surface area contributed by atoms with Crippen molar-refractivity contribution in [3.8, 4) is 0 Å². The maximum absolute atomic E-state index is 11.1. The first-order valence-electron chi connectivity index (χ1n) is 6.70. The summed E-state index contributed by atoms with van der Waals surface area (Å²) in [7, 11) is 0. The molecule has 7 heteroatoms. The Morgan fingerprint density at radius 1 is 1.32 bits per heavy atom. The van der Waals surface area contributed by atoms with E-state index >= 15 is 0 Å². The summed E-state index contributed by atoms with van der Waals surface area (Å²) in [4.78, 5) is 15.0. The number of para-hydroxylation sites is 1. The van der Waals surface area contributed by atoms with Crippen LogP contribution in [0.4, 0.5) is 5.69 Å². The lowest BCUT2D eigenvalue weighted by Gasteiger charge is -2.07. The van der Waals surface area contributed by atoms with Crippen molar-refractivity contribution < 1.29 is 4.92 Å². The Morgan fingerprint density at radius 3 is 2.73 bits per heavy atom. The van der Waals surface area contributed by atoms with Gasteiger partial charge in [0.2, 0.25) is 0 Å². The van der Waals surface area contributed by atoms with Crippen molar-refractivity contribution >= 4 is 28.2 Å². The van der Waals surface area contributed by atoms with Crippen molar-refractivity contribution in [3.05, 3.63) is 62.6 Å². The number of rotatable bonds is 3. The van der Waals surface area contributed by atoms with Crippen LogP contribution in [-0.4, -0.2) is 19.7 Å². The molecule has 0 aliphatic rings. The normalized spacial score (nSPS) is 11.0. The van der Waals surface area contributed by atoms with Crippen LogP contribution in [0.25, 0.3) is 10.9 Å². The minimum absolute atomic E-state index is 0.0462. The van der Waals surface area contributed by atoms with E-state index in [1.807, 2.05) is 30.3 Å². The molecule has 0 fully saturated rings. The molecule has 0 saturated heterocycles. The van der Waals surface area contributed by atoms with Gasteiger partial charge in [-0.05, 0) is 26.0 Å². The number of nitrogens with zero attached hydrogens (tertiary/aromatic N) is 4. The van der Waals surface area contributed by atoms with Crippen LogP contribution in [0.1, 0.15) is 17.0 Å². The SMILES string of the molecule is Cc1nn(Cc2cc3ccccc3nc2Cl)c(C)c1[N+](=O)[O-]. The van der Waals surface area contributed by atoms with E-state index < -0.39 is 4.92 Å². The third-order valence-corrected chi connectivity index (χ3v) is 3.92. The highest BCUT2D eigenvalue weighted by atomic mass is 35.5. The average molecular weight is 317 g/mol. The second kappa shape index (κ2) is 5.38. The summed E-state index contributed by atoms with van der Waals surface area (Å²) in [5.74, 6) is 0. The average Bonchev–Trinajstić information content (AvgIpc) is 2.74. The van der Waals surface area contributed by atoms with Gasteiger partial charge in [-0.25, -0.2) is 4.98 Å². The molecule has 0 unspecified atom stereocenters. The van der Waals surface area contributed by atoms with E-state index in [0.29, 0.717) is 23.1 Å². The molecule has 6 nitrogen and oxygen atoms in total. The van der Waals surface area contributed by atoms with Gasteiger partial charge in [0.1, 0.15) is 16.5 Å². The Kier molecular flexibility index (Phi) is 3.54. The third kappa shape index (κ3) is 2.42. The monoisotopic (exact) mass is 316 g/mol. The number of nitro groups is 1. The zero-order chi connectivity index (χ0) is 15.9. The Hall–Kier alpha value is -2.47. The summed E-state index contributed by atoms with van der Waals surface area (Å²) < 4.78 is 1.59. The van der Waals surface area contributed by atoms with Gasteiger partial charge in [-0.1, -0.05) is 29.8 Å². The van der Waals surface area contributed by atoms with Crippen LogP contribution in [0.3, 0.4) is 0 Å². The first-order chi connectivity index (χ1) is 10.5. The van der Waals surface area contributed by atoms with E-state index in [1.54, 1.807) is 18.5 Å². The topological polar surface area (TPSA) is 73.8 Å². The Morgan fingerprint density at radius 2 is 2.05 bits per heavy atom. The highest BCUT2D eigenvalue weighted by Gasteiger charge is 2.22. The number of benzene rings is 1. The number of fused-ring (bicyclic) bond motifs is 1. The predicted octanol–water partition coefficient (Wildman–Crippen LogP) is 3.66. The molecule has 2 aromatic heterocycles. The van der Waals surface area contributed by atoms with E-state index in [-0.39, 0.29) is 5.69 Å². The number of aromatic nitrogens is 3. The molecule has 0 aliphatic heterocycles. The zero-order valence-electron chi connectivity index (χ0n) is 12.1. The first-order valence-corrected chi connectivity index (χ1v) is 7.07. The lowest BCUT2D eigenvalue weighted by atomic mass is 10.1. The molecule has 0 spiro atoms. The van der Waals surface area contributed by atoms with Gasteiger partial charge in [-0.2, -0.15) is 5.10 Å². The van der Waals surface area contributed by atoms with Crippen molar-refractivity contribution in [3.63, 3.8) is 0 Å². The quantitative estimate of drug-likeness (QED) is 0.420. The Bertz CT molecular complexity index is 889. The molecule has 2 heterocycles. The smallest absolute Gasteiger partial charge is 0.258 e. The number of hydrogen-bond acceptors (Lipinski definition) is 4. The maximum atomic E-state index is 11.1. The van der Waals surface area contributed by atoms with Crippen LogP contribution >= 0.6 is 11.6 Å². The van der Waals surface area contributed by atoms with Crippen molar-refractivity contribution in [1.82, 2.24) is 14.8 Å². The molecule has 0 radical (unpaired) electrons. The predicted molar refractivity (Wildman–Crippen MR) is 84.2 cm³/mol. The number of pyridine rings is 1. The Labute approximate surface area is 131 Å².